The Hall–Kier alpha value is -1.54. The molecule has 2 aromatic rings. The van der Waals surface area contributed by atoms with E-state index in [9.17, 15) is 0 Å². The van der Waals surface area contributed by atoms with Crippen LogP contribution in [0.1, 0.15) is 0 Å². The Balaban J connectivity index is 2.62. The summed E-state index contributed by atoms with van der Waals surface area (Å²) in [5, 5.41) is 2.49. The maximum absolute atomic E-state index is 3.83. The van der Waals surface area contributed by atoms with E-state index < -0.39 is 0 Å². The second-order valence-electron chi connectivity index (χ2n) is 4.10. The zero-order valence-corrected chi connectivity index (χ0v) is 11.9. The Bertz CT molecular complexity index is 564. The lowest BCUT2D eigenvalue weighted by molar-refractivity contribution is 0.959. The number of fused-ring (bicyclic) bond motifs is 1. The van der Waals surface area contributed by atoms with Crippen LogP contribution in [0.5, 0.6) is 0 Å². The third kappa shape index (κ3) is 2.49. The molecule has 0 N–H and O–H groups in total. The van der Waals surface area contributed by atoms with Gasteiger partial charge in [0.25, 0.3) is 0 Å². The van der Waals surface area contributed by atoms with Crippen molar-refractivity contribution >= 4 is 32.4 Å². The van der Waals surface area contributed by atoms with E-state index in [1.807, 2.05) is 12.2 Å². The Morgan fingerprint density at radius 1 is 1.00 bits per heavy atom. The lowest BCUT2D eigenvalue weighted by atomic mass is 10.1. The normalized spacial score (nSPS) is 10.3. The van der Waals surface area contributed by atoms with Crippen molar-refractivity contribution in [2.75, 3.05) is 18.0 Å². The fourth-order valence-corrected chi connectivity index (χ4v) is 2.72. The van der Waals surface area contributed by atoms with Crippen LogP contribution in [-0.4, -0.2) is 13.1 Å². The van der Waals surface area contributed by atoms with Crippen LogP contribution in [0.4, 0.5) is 5.69 Å². The van der Waals surface area contributed by atoms with Crippen LogP contribution in [0, 0.1) is 0 Å². The number of nitrogens with zero attached hydrogens (tertiary/aromatic N) is 1. The van der Waals surface area contributed by atoms with E-state index in [2.05, 4.69) is 70.4 Å². The molecular formula is C16H16BrN. The number of hydrogen-bond acceptors (Lipinski definition) is 1. The Morgan fingerprint density at radius 2 is 1.67 bits per heavy atom. The van der Waals surface area contributed by atoms with Gasteiger partial charge in [-0.15, -0.1) is 13.2 Å². The van der Waals surface area contributed by atoms with Gasteiger partial charge >= 0.3 is 0 Å². The number of anilines is 1. The molecule has 1 nitrogen and oxygen atoms in total. The highest BCUT2D eigenvalue weighted by Gasteiger charge is 2.11. The molecule has 0 atom stereocenters. The molecule has 0 aromatic heterocycles. The third-order valence-corrected chi connectivity index (χ3v) is 3.51. The van der Waals surface area contributed by atoms with Crippen LogP contribution in [0.15, 0.2) is 66.2 Å². The van der Waals surface area contributed by atoms with Gasteiger partial charge in [-0.25, -0.2) is 0 Å². The van der Waals surface area contributed by atoms with Gasteiger partial charge in [0.05, 0.1) is 5.69 Å². The average Bonchev–Trinajstić information content (AvgIpc) is 2.38. The third-order valence-electron chi connectivity index (χ3n) is 2.87. The zero-order valence-electron chi connectivity index (χ0n) is 10.3. The lowest BCUT2D eigenvalue weighted by Crippen LogP contribution is -2.23. The van der Waals surface area contributed by atoms with Crippen molar-refractivity contribution < 1.29 is 0 Å². The molecule has 0 saturated heterocycles. The minimum atomic E-state index is 0.804. The molecule has 92 valence electrons. The smallest absolute Gasteiger partial charge is 0.0595 e. The molecule has 18 heavy (non-hydrogen) atoms. The molecule has 0 amide bonds. The molecule has 0 heterocycles. The Kier molecular flexibility index (Phi) is 4.21. The summed E-state index contributed by atoms with van der Waals surface area (Å²) in [4.78, 5) is 2.26. The van der Waals surface area contributed by atoms with Gasteiger partial charge in [-0.05, 0) is 27.4 Å². The van der Waals surface area contributed by atoms with Gasteiger partial charge in [-0.2, -0.15) is 0 Å². The van der Waals surface area contributed by atoms with Gasteiger partial charge in [0.1, 0.15) is 0 Å². The van der Waals surface area contributed by atoms with E-state index in [1.54, 1.807) is 0 Å². The highest BCUT2D eigenvalue weighted by atomic mass is 79.9. The fraction of sp³-hybridized carbons (Fsp3) is 0.125. The molecule has 2 aromatic carbocycles. The monoisotopic (exact) mass is 301 g/mol. The first kappa shape index (κ1) is 12.9. The molecular weight excluding hydrogens is 286 g/mol. The van der Waals surface area contributed by atoms with E-state index in [-0.39, 0.29) is 0 Å². The highest BCUT2D eigenvalue weighted by molar-refractivity contribution is 9.10. The van der Waals surface area contributed by atoms with Gasteiger partial charge in [0, 0.05) is 22.9 Å². The van der Waals surface area contributed by atoms with Crippen LogP contribution in [-0.2, 0) is 0 Å². The molecule has 0 saturated carbocycles. The van der Waals surface area contributed by atoms with Gasteiger partial charge in [0.2, 0.25) is 0 Å². The van der Waals surface area contributed by atoms with Crippen molar-refractivity contribution in [1.82, 2.24) is 0 Å². The average molecular weight is 302 g/mol. The molecule has 0 bridgehead atoms. The standard InChI is InChI=1S/C16H16BrN/c1-3-11-18(12-4-2)16-14-8-6-5-7-13(14)9-10-15(16)17/h3-10H,1-2,11-12H2. The summed E-state index contributed by atoms with van der Waals surface area (Å²) in [6, 6.07) is 12.6. The van der Waals surface area contributed by atoms with Crippen LogP contribution in [0.25, 0.3) is 10.8 Å². The highest BCUT2D eigenvalue weighted by Crippen LogP contribution is 2.34. The number of benzene rings is 2. The molecule has 0 fully saturated rings. The maximum Gasteiger partial charge on any atom is 0.0595 e. The molecule has 0 aliphatic carbocycles. The summed E-state index contributed by atoms with van der Waals surface area (Å²) in [6.45, 7) is 9.26. The van der Waals surface area contributed by atoms with Crippen molar-refractivity contribution in [2.24, 2.45) is 0 Å². The summed E-state index contributed by atoms with van der Waals surface area (Å²) in [5.41, 5.74) is 1.20. The molecule has 0 spiro atoms. The first-order valence-electron chi connectivity index (χ1n) is 5.92. The summed E-state index contributed by atoms with van der Waals surface area (Å²) in [7, 11) is 0. The van der Waals surface area contributed by atoms with Crippen molar-refractivity contribution in [3.8, 4) is 0 Å². The second kappa shape index (κ2) is 5.87. The van der Waals surface area contributed by atoms with Crippen LogP contribution in [0.2, 0.25) is 0 Å². The van der Waals surface area contributed by atoms with Gasteiger partial charge in [-0.3, -0.25) is 0 Å². The first-order valence-corrected chi connectivity index (χ1v) is 6.71. The van der Waals surface area contributed by atoms with Gasteiger partial charge in [-0.1, -0.05) is 42.5 Å². The van der Waals surface area contributed by atoms with E-state index in [0.29, 0.717) is 0 Å². The van der Waals surface area contributed by atoms with E-state index in [4.69, 9.17) is 0 Å². The zero-order chi connectivity index (χ0) is 13.0. The lowest BCUT2D eigenvalue weighted by Gasteiger charge is -2.24. The predicted octanol–water partition coefficient (Wildman–Crippen LogP) is 4.78. The van der Waals surface area contributed by atoms with Crippen LogP contribution in [0.3, 0.4) is 0 Å². The van der Waals surface area contributed by atoms with E-state index >= 15 is 0 Å². The van der Waals surface area contributed by atoms with Crippen molar-refractivity contribution in [3.05, 3.63) is 66.2 Å². The van der Waals surface area contributed by atoms with E-state index in [1.165, 1.54) is 16.5 Å². The molecule has 0 aliphatic rings. The summed E-state index contributed by atoms with van der Waals surface area (Å²) < 4.78 is 1.10. The number of halogens is 1. The molecule has 0 aliphatic heterocycles. The Morgan fingerprint density at radius 3 is 2.33 bits per heavy atom. The summed E-state index contributed by atoms with van der Waals surface area (Å²) in [5.74, 6) is 0. The second-order valence-corrected chi connectivity index (χ2v) is 4.95. The molecule has 0 radical (unpaired) electrons. The molecule has 2 rings (SSSR count). The predicted molar refractivity (Wildman–Crippen MR) is 84.3 cm³/mol. The fourth-order valence-electron chi connectivity index (χ4n) is 2.12. The first-order chi connectivity index (χ1) is 8.77. The maximum atomic E-state index is 3.83. The van der Waals surface area contributed by atoms with Gasteiger partial charge in [0.15, 0.2) is 0 Å². The molecule has 2 heteroatoms. The number of hydrogen-bond donors (Lipinski definition) is 0. The SMILES string of the molecule is C=CCN(CC=C)c1c(Br)ccc2ccccc12. The summed E-state index contributed by atoms with van der Waals surface area (Å²) in [6.07, 6.45) is 3.83. The van der Waals surface area contributed by atoms with Crippen molar-refractivity contribution in [1.29, 1.82) is 0 Å². The largest absolute Gasteiger partial charge is 0.363 e. The minimum absolute atomic E-state index is 0.804. The van der Waals surface area contributed by atoms with E-state index in [0.717, 1.165) is 17.6 Å². The minimum Gasteiger partial charge on any atom is -0.363 e. The van der Waals surface area contributed by atoms with Crippen LogP contribution >= 0.6 is 15.9 Å². The van der Waals surface area contributed by atoms with Gasteiger partial charge < -0.3 is 4.90 Å². The van der Waals surface area contributed by atoms with Crippen LogP contribution < -0.4 is 4.90 Å². The quantitative estimate of drug-likeness (QED) is 0.718. The molecule has 0 unspecified atom stereocenters. The van der Waals surface area contributed by atoms with Crippen molar-refractivity contribution in [3.63, 3.8) is 0 Å². The topological polar surface area (TPSA) is 3.24 Å². The Labute approximate surface area is 117 Å². The van der Waals surface area contributed by atoms with Crippen molar-refractivity contribution in [2.45, 2.75) is 0 Å². The number of rotatable bonds is 5. The summed E-state index contributed by atoms with van der Waals surface area (Å²) >= 11 is 3.65.